The van der Waals surface area contributed by atoms with Gasteiger partial charge in [0.15, 0.2) is 0 Å². The number of ether oxygens (including phenoxy) is 2. The van der Waals surface area contributed by atoms with Crippen LogP contribution in [0, 0.1) is 10.1 Å². The van der Waals surface area contributed by atoms with Crippen molar-refractivity contribution >= 4 is 17.5 Å². The van der Waals surface area contributed by atoms with Crippen LogP contribution in [-0.4, -0.2) is 39.9 Å². The van der Waals surface area contributed by atoms with Gasteiger partial charge in [-0.2, -0.15) is 22.0 Å². The summed E-state index contributed by atoms with van der Waals surface area (Å²) in [5.74, 6) is -8.64. The highest BCUT2D eigenvalue weighted by molar-refractivity contribution is 6.07. The smallest absolute Gasteiger partial charge is 0.421 e. The average molecular weight is 557 g/mol. The topological polar surface area (TPSA) is 121 Å². The van der Waals surface area contributed by atoms with Gasteiger partial charge in [0.2, 0.25) is 17.7 Å². The molecule has 0 spiro atoms. The highest BCUT2D eigenvalue weighted by atomic mass is 19.4. The number of carbonyl (C=O) groups excluding carboxylic acids is 2. The molecule has 2 aromatic rings. The third-order valence-electron chi connectivity index (χ3n) is 5.13. The van der Waals surface area contributed by atoms with E-state index in [1.54, 1.807) is 18.2 Å². The Morgan fingerprint density at radius 2 is 1.82 bits per heavy atom. The lowest BCUT2D eigenvalue weighted by Crippen LogP contribution is -2.49. The third-order valence-corrected chi connectivity index (χ3v) is 5.13. The number of alkyl halides is 5. The number of halogens is 5. The molecule has 2 rings (SSSR count). The first-order chi connectivity index (χ1) is 18.2. The first-order valence-electron chi connectivity index (χ1n) is 11.3. The van der Waals surface area contributed by atoms with E-state index in [4.69, 9.17) is 9.47 Å². The number of allylic oxidation sites excluding steroid dienone is 1. The van der Waals surface area contributed by atoms with E-state index in [1.807, 2.05) is 0 Å². The molecule has 0 aliphatic heterocycles. The van der Waals surface area contributed by atoms with Gasteiger partial charge in [-0.3, -0.25) is 25.0 Å². The Bertz CT molecular complexity index is 1220. The second-order valence-electron chi connectivity index (χ2n) is 8.13. The summed E-state index contributed by atoms with van der Waals surface area (Å²) in [4.78, 5) is 38.9. The highest BCUT2D eigenvalue weighted by Gasteiger charge is 2.45. The second kappa shape index (κ2) is 13.0. The van der Waals surface area contributed by atoms with Crippen molar-refractivity contribution in [2.24, 2.45) is 0 Å². The largest absolute Gasteiger partial charge is 0.474 e. The maximum atomic E-state index is 14.4. The van der Waals surface area contributed by atoms with E-state index in [-0.39, 0.29) is 18.6 Å². The van der Waals surface area contributed by atoms with Crippen LogP contribution < -0.4 is 10.1 Å². The number of imide groups is 1. The van der Waals surface area contributed by atoms with E-state index >= 15 is 0 Å². The number of benzene rings is 1. The maximum absolute atomic E-state index is 14.4. The van der Waals surface area contributed by atoms with Crippen LogP contribution in [0.3, 0.4) is 0 Å². The molecule has 1 heterocycles. The summed E-state index contributed by atoms with van der Waals surface area (Å²) in [5.41, 5.74) is -3.95. The van der Waals surface area contributed by atoms with E-state index in [2.05, 4.69) is 18.1 Å². The number of hydrogen-bond acceptors (Lipinski definition) is 7. The molecular weight excluding hydrogens is 533 g/mol. The molecule has 9 nitrogen and oxygen atoms in total. The van der Waals surface area contributed by atoms with Gasteiger partial charge in [0, 0.05) is 6.07 Å². The number of pyridine rings is 1. The monoisotopic (exact) mass is 557 g/mol. The summed E-state index contributed by atoms with van der Waals surface area (Å²) >= 11 is 0. The number of nitro groups is 1. The van der Waals surface area contributed by atoms with Crippen molar-refractivity contribution < 1.29 is 45.9 Å². The van der Waals surface area contributed by atoms with Crippen LogP contribution in [-0.2, 0) is 22.3 Å². The summed E-state index contributed by atoms with van der Waals surface area (Å²) in [6, 6.07) is 7.85. The van der Waals surface area contributed by atoms with Gasteiger partial charge in [0.25, 0.3) is 11.8 Å². The average Bonchev–Trinajstić information content (AvgIpc) is 2.86. The van der Waals surface area contributed by atoms with E-state index in [0.29, 0.717) is 12.0 Å². The molecule has 0 aliphatic carbocycles. The van der Waals surface area contributed by atoms with E-state index in [0.717, 1.165) is 0 Å². The Balaban J connectivity index is 2.44. The SMILES string of the molecule is C=CCC[C@@H](C)Oc1nc(C(=O)NC(=O)C(OCc2ccccc2)C(F)(F)C=C)c([N+](=O)[O-])cc1C(F)(F)F. The molecule has 210 valence electrons. The predicted molar refractivity (Wildman–Crippen MR) is 128 cm³/mol. The molecule has 0 fully saturated rings. The van der Waals surface area contributed by atoms with Gasteiger partial charge in [-0.15, -0.1) is 6.58 Å². The molecule has 2 amide bonds. The standard InChI is InChI=1S/C25H24F5N3O6/c1-4-6-10-15(3)39-23-17(25(28,29)30)13-18(33(36)37)19(31-23)21(34)32-22(35)20(24(26,27)5-2)38-14-16-11-8-7-9-12-16/h4-5,7-9,11-13,15,20H,1-2,6,10,14H2,3H3,(H,32,34,35)/t15-,20?/m1/s1. The van der Waals surface area contributed by atoms with E-state index < -0.39 is 70.5 Å². The molecule has 0 saturated heterocycles. The summed E-state index contributed by atoms with van der Waals surface area (Å²) in [6.07, 6.45) is -6.57. The van der Waals surface area contributed by atoms with Gasteiger partial charge >= 0.3 is 17.8 Å². The van der Waals surface area contributed by atoms with Crippen molar-refractivity contribution in [3.05, 3.63) is 88.6 Å². The Hall–Kier alpha value is -4.20. The molecule has 39 heavy (non-hydrogen) atoms. The molecule has 0 bridgehead atoms. The summed E-state index contributed by atoms with van der Waals surface area (Å²) in [6.45, 7) is 7.31. The van der Waals surface area contributed by atoms with Crippen molar-refractivity contribution in [2.75, 3.05) is 0 Å². The zero-order valence-electron chi connectivity index (χ0n) is 20.5. The lowest BCUT2D eigenvalue weighted by Gasteiger charge is -2.23. The zero-order valence-corrected chi connectivity index (χ0v) is 20.5. The molecule has 0 aliphatic rings. The summed E-state index contributed by atoms with van der Waals surface area (Å²) in [7, 11) is 0. The van der Waals surface area contributed by atoms with Crippen molar-refractivity contribution in [2.45, 2.75) is 50.7 Å². The van der Waals surface area contributed by atoms with Gasteiger partial charge in [0.05, 0.1) is 17.6 Å². The number of nitrogens with one attached hydrogen (secondary N) is 1. The highest BCUT2D eigenvalue weighted by Crippen LogP contribution is 2.39. The van der Waals surface area contributed by atoms with Crippen LogP contribution in [0.2, 0.25) is 0 Å². The molecule has 14 heteroatoms. The number of aromatic nitrogens is 1. The van der Waals surface area contributed by atoms with Crippen LogP contribution in [0.5, 0.6) is 5.88 Å². The first-order valence-corrected chi connectivity index (χ1v) is 11.3. The fourth-order valence-electron chi connectivity index (χ4n) is 3.15. The lowest BCUT2D eigenvalue weighted by molar-refractivity contribution is -0.385. The van der Waals surface area contributed by atoms with Gasteiger partial charge in [-0.25, -0.2) is 4.98 Å². The first kappa shape index (κ1) is 31.0. The minimum atomic E-state index is -5.17. The molecule has 0 saturated carbocycles. The summed E-state index contributed by atoms with van der Waals surface area (Å²) < 4.78 is 79.9. The number of amides is 2. The maximum Gasteiger partial charge on any atom is 0.421 e. The van der Waals surface area contributed by atoms with Crippen LogP contribution in [0.1, 0.15) is 41.4 Å². The molecule has 0 radical (unpaired) electrons. The Morgan fingerprint density at radius 3 is 2.36 bits per heavy atom. The predicted octanol–water partition coefficient (Wildman–Crippen LogP) is 5.41. The van der Waals surface area contributed by atoms with E-state index in [9.17, 15) is 41.7 Å². The van der Waals surface area contributed by atoms with Crippen molar-refractivity contribution in [3.8, 4) is 5.88 Å². The molecule has 1 unspecified atom stereocenters. The fourth-order valence-corrected chi connectivity index (χ4v) is 3.15. The van der Waals surface area contributed by atoms with Crippen LogP contribution >= 0.6 is 0 Å². The van der Waals surface area contributed by atoms with Crippen molar-refractivity contribution in [3.63, 3.8) is 0 Å². The second-order valence-corrected chi connectivity index (χ2v) is 8.13. The van der Waals surface area contributed by atoms with E-state index in [1.165, 1.54) is 30.4 Å². The van der Waals surface area contributed by atoms with Crippen molar-refractivity contribution in [1.29, 1.82) is 0 Å². The van der Waals surface area contributed by atoms with Crippen LogP contribution in [0.15, 0.2) is 61.7 Å². The van der Waals surface area contributed by atoms with Crippen LogP contribution in [0.4, 0.5) is 27.6 Å². The quantitative estimate of drug-likeness (QED) is 0.151. The van der Waals surface area contributed by atoms with Crippen molar-refractivity contribution in [1.82, 2.24) is 10.3 Å². The number of carbonyl (C=O) groups is 2. The third kappa shape index (κ3) is 8.40. The minimum Gasteiger partial charge on any atom is -0.474 e. The van der Waals surface area contributed by atoms with Gasteiger partial charge in [-0.1, -0.05) is 43.0 Å². The Morgan fingerprint density at radius 1 is 1.18 bits per heavy atom. The molecule has 1 aromatic heterocycles. The molecular formula is C25H24F5N3O6. The lowest BCUT2D eigenvalue weighted by atomic mass is 10.1. The van der Waals surface area contributed by atoms with Gasteiger partial charge < -0.3 is 9.47 Å². The van der Waals surface area contributed by atoms with Gasteiger partial charge in [0.1, 0.15) is 5.56 Å². The number of hydrogen-bond donors (Lipinski definition) is 1. The molecule has 1 aromatic carbocycles. The zero-order chi connectivity index (χ0) is 29.4. The number of nitrogens with zero attached hydrogens (tertiary/aromatic N) is 2. The minimum absolute atomic E-state index is 0.0175. The van der Waals surface area contributed by atoms with Gasteiger partial charge in [-0.05, 0) is 31.4 Å². The summed E-state index contributed by atoms with van der Waals surface area (Å²) in [5, 5.41) is 13.0. The molecule has 1 N–H and O–H groups in total. The normalized spacial score (nSPS) is 13.2. The Labute approximate surface area is 219 Å². The Kier molecular flexibility index (Phi) is 10.4. The van der Waals surface area contributed by atoms with Crippen LogP contribution in [0.25, 0.3) is 0 Å². The molecule has 2 atom stereocenters. The number of rotatable bonds is 13. The fraction of sp³-hybridized carbons (Fsp3) is 0.320.